The number of carbonyl (C=O) groups excluding carboxylic acids is 1. The van der Waals surface area contributed by atoms with Crippen LogP contribution in [0.15, 0.2) is 17.5 Å². The molecule has 0 atom stereocenters. The molecule has 0 radical (unpaired) electrons. The van der Waals surface area contributed by atoms with Crippen molar-refractivity contribution in [3.63, 3.8) is 0 Å². The molecule has 14 heavy (non-hydrogen) atoms. The number of thioether (sulfide) groups is 1. The number of ketones is 1. The summed E-state index contributed by atoms with van der Waals surface area (Å²) in [6.07, 6.45) is 2.78. The molecule has 0 unspecified atom stereocenters. The van der Waals surface area contributed by atoms with Gasteiger partial charge in [-0.2, -0.15) is 11.8 Å². The predicted molar refractivity (Wildman–Crippen MR) is 65.3 cm³/mol. The second-order valence-corrected chi connectivity index (χ2v) is 5.31. The number of rotatable bonds is 7. The smallest absolute Gasteiger partial charge is 0.143 e. The van der Waals surface area contributed by atoms with Gasteiger partial charge >= 0.3 is 0 Å². The van der Waals surface area contributed by atoms with Gasteiger partial charge in [-0.1, -0.05) is 13.0 Å². The molecule has 1 heterocycles. The molecule has 0 saturated heterocycles. The minimum atomic E-state index is 0.386. The second-order valence-electron chi connectivity index (χ2n) is 3.17. The Kier molecular flexibility index (Phi) is 5.96. The highest BCUT2D eigenvalue weighted by molar-refractivity contribution is 7.99. The lowest BCUT2D eigenvalue weighted by molar-refractivity contribution is -0.116. The van der Waals surface area contributed by atoms with Crippen molar-refractivity contribution in [2.75, 3.05) is 11.5 Å². The van der Waals surface area contributed by atoms with E-state index >= 15 is 0 Å². The minimum Gasteiger partial charge on any atom is -0.299 e. The normalized spacial score (nSPS) is 10.4. The maximum atomic E-state index is 11.4. The Morgan fingerprint density at radius 1 is 1.57 bits per heavy atom. The predicted octanol–water partition coefficient (Wildman–Crippen LogP) is 3.39. The van der Waals surface area contributed by atoms with Crippen molar-refractivity contribution in [3.8, 4) is 0 Å². The van der Waals surface area contributed by atoms with Gasteiger partial charge in [-0.25, -0.2) is 0 Å². The molecule has 78 valence electrons. The standard InChI is InChI=1S/C11H16OS2/c1-2-7-13-9-10(12)5-6-11-4-3-8-14-11/h3-4,8H,2,5-7,9H2,1H3. The summed E-state index contributed by atoms with van der Waals surface area (Å²) in [5, 5.41) is 2.06. The number of hydrogen-bond donors (Lipinski definition) is 0. The summed E-state index contributed by atoms with van der Waals surface area (Å²) < 4.78 is 0. The van der Waals surface area contributed by atoms with E-state index in [2.05, 4.69) is 18.4 Å². The van der Waals surface area contributed by atoms with Crippen LogP contribution in [0.4, 0.5) is 0 Å². The average Bonchev–Trinajstić information content (AvgIpc) is 2.68. The third-order valence-electron chi connectivity index (χ3n) is 1.84. The maximum Gasteiger partial charge on any atom is 0.143 e. The van der Waals surface area contributed by atoms with Crippen LogP contribution in [0.1, 0.15) is 24.6 Å². The molecule has 0 aliphatic rings. The van der Waals surface area contributed by atoms with Crippen LogP contribution in [0.5, 0.6) is 0 Å². The number of aryl methyl sites for hydroxylation is 1. The zero-order chi connectivity index (χ0) is 10.2. The zero-order valence-electron chi connectivity index (χ0n) is 8.49. The molecule has 1 aromatic heterocycles. The number of carbonyl (C=O) groups is 1. The van der Waals surface area contributed by atoms with Crippen LogP contribution in [0.3, 0.4) is 0 Å². The van der Waals surface area contributed by atoms with Crippen molar-refractivity contribution in [1.82, 2.24) is 0 Å². The Bertz CT molecular complexity index is 254. The van der Waals surface area contributed by atoms with E-state index in [1.54, 1.807) is 23.1 Å². The Morgan fingerprint density at radius 3 is 3.07 bits per heavy atom. The van der Waals surface area contributed by atoms with Gasteiger partial charge in [0.05, 0.1) is 5.75 Å². The van der Waals surface area contributed by atoms with E-state index in [0.29, 0.717) is 18.0 Å². The van der Waals surface area contributed by atoms with Crippen LogP contribution in [-0.4, -0.2) is 17.3 Å². The van der Waals surface area contributed by atoms with Gasteiger partial charge in [-0.15, -0.1) is 11.3 Å². The summed E-state index contributed by atoms with van der Waals surface area (Å²) in [6.45, 7) is 2.14. The Hall–Kier alpha value is -0.280. The lowest BCUT2D eigenvalue weighted by Crippen LogP contribution is -2.03. The lowest BCUT2D eigenvalue weighted by Gasteiger charge is -1.98. The van der Waals surface area contributed by atoms with Gasteiger partial charge in [0.2, 0.25) is 0 Å². The van der Waals surface area contributed by atoms with E-state index in [-0.39, 0.29) is 0 Å². The molecule has 0 aromatic carbocycles. The number of thiophene rings is 1. The fourth-order valence-electron chi connectivity index (χ4n) is 1.12. The molecule has 0 bridgehead atoms. The maximum absolute atomic E-state index is 11.4. The van der Waals surface area contributed by atoms with Crippen molar-refractivity contribution >= 4 is 28.9 Å². The van der Waals surface area contributed by atoms with Crippen molar-refractivity contribution < 1.29 is 4.79 Å². The van der Waals surface area contributed by atoms with Gasteiger partial charge < -0.3 is 0 Å². The SMILES string of the molecule is CCCSCC(=O)CCc1cccs1. The van der Waals surface area contributed by atoms with Crippen LogP contribution in [0.25, 0.3) is 0 Å². The highest BCUT2D eigenvalue weighted by Gasteiger charge is 2.02. The molecule has 0 amide bonds. The first-order valence-electron chi connectivity index (χ1n) is 4.94. The fraction of sp³-hybridized carbons (Fsp3) is 0.545. The first-order valence-corrected chi connectivity index (χ1v) is 6.98. The van der Waals surface area contributed by atoms with Gasteiger partial charge in [0.25, 0.3) is 0 Å². The summed E-state index contributed by atoms with van der Waals surface area (Å²) in [5.74, 6) is 2.18. The van der Waals surface area contributed by atoms with Crippen molar-refractivity contribution in [2.24, 2.45) is 0 Å². The number of hydrogen-bond acceptors (Lipinski definition) is 3. The molecule has 0 saturated carbocycles. The van der Waals surface area contributed by atoms with E-state index < -0.39 is 0 Å². The van der Waals surface area contributed by atoms with Gasteiger partial charge in [0.1, 0.15) is 5.78 Å². The molecular formula is C11H16OS2. The molecular weight excluding hydrogens is 212 g/mol. The molecule has 0 N–H and O–H groups in total. The van der Waals surface area contributed by atoms with E-state index in [9.17, 15) is 4.79 Å². The van der Waals surface area contributed by atoms with Crippen LogP contribution in [0, 0.1) is 0 Å². The monoisotopic (exact) mass is 228 g/mol. The first-order chi connectivity index (χ1) is 6.83. The Balaban J connectivity index is 2.09. The van der Waals surface area contributed by atoms with Crippen molar-refractivity contribution in [1.29, 1.82) is 0 Å². The Morgan fingerprint density at radius 2 is 2.43 bits per heavy atom. The first kappa shape index (κ1) is 11.8. The third kappa shape index (κ3) is 4.82. The molecule has 0 fully saturated rings. The average molecular weight is 228 g/mol. The van der Waals surface area contributed by atoms with E-state index in [1.165, 1.54) is 4.88 Å². The molecule has 1 nitrogen and oxygen atoms in total. The van der Waals surface area contributed by atoms with Crippen LogP contribution in [0.2, 0.25) is 0 Å². The zero-order valence-corrected chi connectivity index (χ0v) is 10.1. The van der Waals surface area contributed by atoms with Gasteiger partial charge in [0, 0.05) is 11.3 Å². The van der Waals surface area contributed by atoms with Crippen molar-refractivity contribution in [2.45, 2.75) is 26.2 Å². The highest BCUT2D eigenvalue weighted by Crippen LogP contribution is 2.12. The minimum absolute atomic E-state index is 0.386. The molecule has 3 heteroatoms. The van der Waals surface area contributed by atoms with E-state index in [4.69, 9.17) is 0 Å². The summed E-state index contributed by atoms with van der Waals surface area (Å²) >= 11 is 3.49. The summed E-state index contributed by atoms with van der Waals surface area (Å²) in [7, 11) is 0. The largest absolute Gasteiger partial charge is 0.299 e. The summed E-state index contributed by atoms with van der Waals surface area (Å²) in [4.78, 5) is 12.7. The van der Waals surface area contributed by atoms with Crippen LogP contribution >= 0.6 is 23.1 Å². The molecule has 0 aliphatic heterocycles. The lowest BCUT2D eigenvalue weighted by atomic mass is 10.2. The second kappa shape index (κ2) is 7.07. The molecule has 1 rings (SSSR count). The highest BCUT2D eigenvalue weighted by atomic mass is 32.2. The van der Waals surface area contributed by atoms with E-state index in [0.717, 1.165) is 18.6 Å². The molecule has 0 spiro atoms. The number of Topliss-reactive ketones (excluding diaryl/α,β-unsaturated/α-hetero) is 1. The third-order valence-corrected chi connectivity index (χ3v) is 4.00. The quantitative estimate of drug-likeness (QED) is 0.665. The van der Waals surface area contributed by atoms with Gasteiger partial charge in [0.15, 0.2) is 0 Å². The van der Waals surface area contributed by atoms with Gasteiger partial charge in [-0.3, -0.25) is 4.79 Å². The molecule has 0 aliphatic carbocycles. The fourth-order valence-corrected chi connectivity index (χ4v) is 2.63. The topological polar surface area (TPSA) is 17.1 Å². The van der Waals surface area contributed by atoms with Crippen molar-refractivity contribution in [3.05, 3.63) is 22.4 Å². The Labute approximate surface area is 93.9 Å². The van der Waals surface area contributed by atoms with Crippen LogP contribution in [-0.2, 0) is 11.2 Å². The van der Waals surface area contributed by atoms with Crippen LogP contribution < -0.4 is 0 Å². The summed E-state index contributed by atoms with van der Waals surface area (Å²) in [5.41, 5.74) is 0. The summed E-state index contributed by atoms with van der Waals surface area (Å²) in [6, 6.07) is 4.13. The molecule has 1 aromatic rings. The van der Waals surface area contributed by atoms with E-state index in [1.807, 2.05) is 6.07 Å². The van der Waals surface area contributed by atoms with Gasteiger partial charge in [-0.05, 0) is 30.0 Å².